The molecule has 1 aromatic carbocycles. The molecule has 0 radical (unpaired) electrons. The number of amides is 2. The van der Waals surface area contributed by atoms with Gasteiger partial charge in [0.25, 0.3) is 0 Å². The summed E-state index contributed by atoms with van der Waals surface area (Å²) < 4.78 is 10.2. The Morgan fingerprint density at radius 1 is 1.15 bits per heavy atom. The first-order valence-corrected chi connectivity index (χ1v) is 9.43. The molecule has 27 heavy (non-hydrogen) atoms. The highest BCUT2D eigenvalue weighted by molar-refractivity contribution is 6.00. The van der Waals surface area contributed by atoms with Gasteiger partial charge in [-0.05, 0) is 44.0 Å². The normalized spacial score (nSPS) is 22.7. The highest BCUT2D eigenvalue weighted by Crippen LogP contribution is 2.29. The van der Waals surface area contributed by atoms with E-state index in [1.807, 2.05) is 12.1 Å². The molecule has 0 unspecified atom stereocenters. The summed E-state index contributed by atoms with van der Waals surface area (Å²) in [5.74, 6) is -0.266. The van der Waals surface area contributed by atoms with Crippen molar-refractivity contribution in [2.24, 2.45) is 11.8 Å². The van der Waals surface area contributed by atoms with Crippen molar-refractivity contribution in [3.63, 3.8) is 0 Å². The number of piperidine rings is 1. The summed E-state index contributed by atoms with van der Waals surface area (Å²) in [4.78, 5) is 40.7. The van der Waals surface area contributed by atoms with Gasteiger partial charge in [-0.25, -0.2) is 0 Å². The van der Waals surface area contributed by atoms with Crippen molar-refractivity contribution in [1.82, 2.24) is 4.90 Å². The van der Waals surface area contributed by atoms with Crippen LogP contribution in [0.2, 0.25) is 0 Å². The van der Waals surface area contributed by atoms with Crippen LogP contribution in [0.15, 0.2) is 24.3 Å². The Labute approximate surface area is 159 Å². The SMILES string of the molecule is CCOC(=O)[C@H]1CCCN(C(=O)[C@H]2CC(=O)N(c3ccc(OC)cc3)C2)C1. The average Bonchev–Trinajstić information content (AvgIpc) is 3.09. The van der Waals surface area contributed by atoms with Crippen LogP contribution in [0.4, 0.5) is 5.69 Å². The number of methoxy groups -OCH3 is 1. The Hall–Kier alpha value is -2.57. The number of hydrogen-bond donors (Lipinski definition) is 0. The van der Waals surface area contributed by atoms with Gasteiger partial charge in [-0.2, -0.15) is 0 Å². The van der Waals surface area contributed by atoms with Crippen molar-refractivity contribution >= 4 is 23.5 Å². The minimum atomic E-state index is -0.374. The van der Waals surface area contributed by atoms with Gasteiger partial charge < -0.3 is 19.3 Å². The van der Waals surface area contributed by atoms with Crippen molar-refractivity contribution in [3.8, 4) is 5.75 Å². The van der Waals surface area contributed by atoms with Gasteiger partial charge in [-0.15, -0.1) is 0 Å². The molecule has 7 heteroatoms. The van der Waals surface area contributed by atoms with Crippen LogP contribution in [0.25, 0.3) is 0 Å². The molecular formula is C20H26N2O5. The number of likely N-dealkylation sites (tertiary alicyclic amines) is 1. The molecule has 0 N–H and O–H groups in total. The Balaban J connectivity index is 1.63. The minimum absolute atomic E-state index is 0.0478. The predicted molar refractivity (Wildman–Crippen MR) is 99.4 cm³/mol. The largest absolute Gasteiger partial charge is 0.497 e. The summed E-state index contributed by atoms with van der Waals surface area (Å²) in [7, 11) is 1.59. The van der Waals surface area contributed by atoms with E-state index in [9.17, 15) is 14.4 Å². The summed E-state index contributed by atoms with van der Waals surface area (Å²) in [6, 6.07) is 7.24. The Morgan fingerprint density at radius 2 is 1.89 bits per heavy atom. The number of ether oxygens (including phenoxy) is 2. The van der Waals surface area contributed by atoms with Gasteiger partial charge in [0.15, 0.2) is 0 Å². The molecule has 0 spiro atoms. The second-order valence-electron chi connectivity index (χ2n) is 6.98. The fourth-order valence-corrected chi connectivity index (χ4v) is 3.77. The summed E-state index contributed by atoms with van der Waals surface area (Å²) in [6.07, 6.45) is 1.72. The summed E-state index contributed by atoms with van der Waals surface area (Å²) in [5.41, 5.74) is 0.763. The number of rotatable bonds is 5. The van der Waals surface area contributed by atoms with Crippen molar-refractivity contribution in [1.29, 1.82) is 0 Å². The molecule has 146 valence electrons. The zero-order valence-corrected chi connectivity index (χ0v) is 15.8. The van der Waals surface area contributed by atoms with Gasteiger partial charge in [-0.1, -0.05) is 0 Å². The molecule has 3 rings (SSSR count). The number of anilines is 1. The van der Waals surface area contributed by atoms with E-state index in [2.05, 4.69) is 0 Å². The van der Waals surface area contributed by atoms with Crippen molar-refractivity contribution in [3.05, 3.63) is 24.3 Å². The number of hydrogen-bond acceptors (Lipinski definition) is 5. The molecule has 2 atom stereocenters. The first-order chi connectivity index (χ1) is 13.0. The molecule has 2 amide bonds. The molecule has 0 aliphatic carbocycles. The fraction of sp³-hybridized carbons (Fsp3) is 0.550. The van der Waals surface area contributed by atoms with Crippen LogP contribution >= 0.6 is 0 Å². The summed E-state index contributed by atoms with van der Waals surface area (Å²) >= 11 is 0. The lowest BCUT2D eigenvalue weighted by Gasteiger charge is -2.33. The average molecular weight is 374 g/mol. The fourth-order valence-electron chi connectivity index (χ4n) is 3.77. The number of carbonyl (C=O) groups excluding carboxylic acids is 3. The Morgan fingerprint density at radius 3 is 2.56 bits per heavy atom. The second-order valence-corrected chi connectivity index (χ2v) is 6.98. The van der Waals surface area contributed by atoms with Crippen LogP contribution in [-0.4, -0.2) is 56.0 Å². The van der Waals surface area contributed by atoms with Crippen molar-refractivity contribution in [2.75, 3.05) is 38.3 Å². The molecule has 2 aliphatic rings. The Bertz CT molecular complexity index is 703. The molecule has 2 aliphatic heterocycles. The van der Waals surface area contributed by atoms with E-state index in [4.69, 9.17) is 9.47 Å². The molecule has 0 saturated carbocycles. The maximum absolute atomic E-state index is 12.9. The second kappa shape index (κ2) is 8.41. The maximum Gasteiger partial charge on any atom is 0.310 e. The van der Waals surface area contributed by atoms with Gasteiger partial charge in [0, 0.05) is 31.7 Å². The third kappa shape index (κ3) is 4.23. The quantitative estimate of drug-likeness (QED) is 0.735. The molecule has 0 bridgehead atoms. The molecular weight excluding hydrogens is 348 g/mol. The van der Waals surface area contributed by atoms with E-state index in [1.54, 1.807) is 36.0 Å². The summed E-state index contributed by atoms with van der Waals surface area (Å²) in [6.45, 7) is 3.50. The van der Waals surface area contributed by atoms with Crippen LogP contribution in [0, 0.1) is 11.8 Å². The van der Waals surface area contributed by atoms with Gasteiger partial charge >= 0.3 is 5.97 Å². The maximum atomic E-state index is 12.9. The van der Waals surface area contributed by atoms with Gasteiger partial charge in [-0.3, -0.25) is 14.4 Å². The number of carbonyl (C=O) groups is 3. The van der Waals surface area contributed by atoms with E-state index >= 15 is 0 Å². The van der Waals surface area contributed by atoms with Crippen LogP contribution < -0.4 is 9.64 Å². The van der Waals surface area contributed by atoms with Crippen LogP contribution in [0.5, 0.6) is 5.75 Å². The smallest absolute Gasteiger partial charge is 0.310 e. The molecule has 1 aromatic rings. The van der Waals surface area contributed by atoms with Gasteiger partial charge in [0.05, 0.1) is 25.6 Å². The number of esters is 1. The first kappa shape index (κ1) is 19.2. The zero-order chi connectivity index (χ0) is 19.4. The molecule has 2 fully saturated rings. The third-order valence-electron chi connectivity index (χ3n) is 5.21. The minimum Gasteiger partial charge on any atom is -0.497 e. The van der Waals surface area contributed by atoms with E-state index < -0.39 is 0 Å². The predicted octanol–water partition coefficient (Wildman–Crippen LogP) is 1.85. The topological polar surface area (TPSA) is 76.2 Å². The monoisotopic (exact) mass is 374 g/mol. The van der Waals surface area contributed by atoms with Crippen LogP contribution in [-0.2, 0) is 19.1 Å². The lowest BCUT2D eigenvalue weighted by molar-refractivity contribution is -0.152. The van der Waals surface area contributed by atoms with Crippen LogP contribution in [0.3, 0.4) is 0 Å². The molecule has 2 heterocycles. The standard InChI is InChI=1S/C20H26N2O5/c1-3-27-20(25)14-5-4-10-21(12-14)19(24)15-11-18(23)22(13-15)16-6-8-17(26-2)9-7-16/h6-9,14-15H,3-5,10-13H2,1-2H3/t14-,15-/m0/s1. The van der Waals surface area contributed by atoms with Crippen LogP contribution in [0.1, 0.15) is 26.2 Å². The van der Waals surface area contributed by atoms with Gasteiger partial charge in [0.1, 0.15) is 5.75 Å². The van der Waals surface area contributed by atoms with E-state index in [-0.39, 0.29) is 36.0 Å². The van der Waals surface area contributed by atoms with E-state index in [0.29, 0.717) is 26.2 Å². The van der Waals surface area contributed by atoms with E-state index in [1.165, 1.54) is 0 Å². The molecule has 7 nitrogen and oxygen atoms in total. The molecule has 2 saturated heterocycles. The molecule has 0 aromatic heterocycles. The highest BCUT2D eigenvalue weighted by Gasteiger charge is 2.39. The third-order valence-corrected chi connectivity index (χ3v) is 5.21. The summed E-state index contributed by atoms with van der Waals surface area (Å²) in [5, 5.41) is 0. The van der Waals surface area contributed by atoms with E-state index in [0.717, 1.165) is 24.3 Å². The Kier molecular flexibility index (Phi) is 5.98. The lowest BCUT2D eigenvalue weighted by Crippen LogP contribution is -2.45. The number of benzene rings is 1. The van der Waals surface area contributed by atoms with Crippen molar-refractivity contribution in [2.45, 2.75) is 26.2 Å². The van der Waals surface area contributed by atoms with Gasteiger partial charge in [0.2, 0.25) is 11.8 Å². The first-order valence-electron chi connectivity index (χ1n) is 9.43. The number of nitrogens with zero attached hydrogens (tertiary/aromatic N) is 2. The lowest BCUT2D eigenvalue weighted by atomic mass is 9.96. The highest BCUT2D eigenvalue weighted by atomic mass is 16.5. The zero-order valence-electron chi connectivity index (χ0n) is 15.8. The van der Waals surface area contributed by atoms with Crippen molar-refractivity contribution < 1.29 is 23.9 Å².